The van der Waals surface area contributed by atoms with E-state index in [0.29, 0.717) is 13.1 Å². The fourth-order valence-electron chi connectivity index (χ4n) is 3.34. The van der Waals surface area contributed by atoms with Gasteiger partial charge in [0.1, 0.15) is 4.90 Å². The van der Waals surface area contributed by atoms with Crippen molar-refractivity contribution in [3.05, 3.63) is 83.9 Å². The fraction of sp³-hybridized carbons (Fsp3) is 0.211. The standard InChI is InChI=1S/C19H19N3O2S/c1-15-6-8-16(9-7-15)19-18-5-3-11-21(18)12-13-22(19)25(23,24)17-4-2-10-20-14-17/h2-11,14,19H,12-13H2,1H3. The Kier molecular flexibility index (Phi) is 3.94. The lowest BCUT2D eigenvalue weighted by Gasteiger charge is -2.36. The summed E-state index contributed by atoms with van der Waals surface area (Å²) in [5.41, 5.74) is 3.11. The van der Waals surface area contributed by atoms with Crippen LogP contribution in [0.5, 0.6) is 0 Å². The first-order valence-electron chi connectivity index (χ1n) is 8.21. The maximum atomic E-state index is 13.2. The Bertz CT molecular complexity index is 979. The number of hydrogen-bond acceptors (Lipinski definition) is 3. The van der Waals surface area contributed by atoms with E-state index in [9.17, 15) is 8.42 Å². The van der Waals surface area contributed by atoms with E-state index in [1.54, 1.807) is 22.6 Å². The third kappa shape index (κ3) is 2.77. The highest BCUT2D eigenvalue weighted by molar-refractivity contribution is 7.89. The van der Waals surface area contributed by atoms with Crippen LogP contribution in [0.4, 0.5) is 0 Å². The summed E-state index contributed by atoms with van der Waals surface area (Å²) in [7, 11) is -3.63. The third-order valence-electron chi connectivity index (χ3n) is 4.63. The minimum atomic E-state index is -3.63. The van der Waals surface area contributed by atoms with Crippen LogP contribution >= 0.6 is 0 Å². The van der Waals surface area contributed by atoms with Crippen LogP contribution in [0.3, 0.4) is 0 Å². The van der Waals surface area contributed by atoms with Crippen LogP contribution in [-0.4, -0.2) is 28.8 Å². The lowest BCUT2D eigenvalue weighted by molar-refractivity contribution is 0.298. The minimum Gasteiger partial charge on any atom is -0.348 e. The highest BCUT2D eigenvalue weighted by Crippen LogP contribution is 2.36. The molecule has 0 saturated heterocycles. The van der Waals surface area contributed by atoms with Crippen molar-refractivity contribution in [2.45, 2.75) is 24.4 Å². The van der Waals surface area contributed by atoms with Gasteiger partial charge in [-0.3, -0.25) is 4.98 Å². The first-order chi connectivity index (χ1) is 12.1. The zero-order valence-corrected chi connectivity index (χ0v) is 14.7. The number of sulfonamides is 1. The molecule has 3 aromatic rings. The van der Waals surface area contributed by atoms with Gasteiger partial charge >= 0.3 is 0 Å². The van der Waals surface area contributed by atoms with Crippen LogP contribution in [-0.2, 0) is 16.6 Å². The Labute approximate surface area is 147 Å². The zero-order valence-electron chi connectivity index (χ0n) is 13.9. The molecule has 1 aromatic carbocycles. The van der Waals surface area contributed by atoms with Gasteiger partial charge in [0.2, 0.25) is 10.0 Å². The van der Waals surface area contributed by atoms with Crippen LogP contribution in [0.25, 0.3) is 0 Å². The highest BCUT2D eigenvalue weighted by atomic mass is 32.2. The maximum Gasteiger partial charge on any atom is 0.245 e. The average molecular weight is 353 g/mol. The fourth-order valence-corrected chi connectivity index (χ4v) is 4.89. The van der Waals surface area contributed by atoms with Crippen LogP contribution in [0.15, 0.2) is 72.0 Å². The smallest absolute Gasteiger partial charge is 0.245 e. The van der Waals surface area contributed by atoms with Gasteiger partial charge in [-0.25, -0.2) is 8.42 Å². The summed E-state index contributed by atoms with van der Waals surface area (Å²) >= 11 is 0. The summed E-state index contributed by atoms with van der Waals surface area (Å²) in [6.07, 6.45) is 5.00. The Morgan fingerprint density at radius 3 is 2.56 bits per heavy atom. The van der Waals surface area contributed by atoms with Gasteiger partial charge in [0.05, 0.1) is 6.04 Å². The summed E-state index contributed by atoms with van der Waals surface area (Å²) in [5.74, 6) is 0. The molecule has 0 fully saturated rings. The van der Waals surface area contributed by atoms with Crippen molar-refractivity contribution in [1.82, 2.24) is 13.9 Å². The van der Waals surface area contributed by atoms with E-state index >= 15 is 0 Å². The number of fused-ring (bicyclic) bond motifs is 1. The summed E-state index contributed by atoms with van der Waals surface area (Å²) in [4.78, 5) is 4.21. The summed E-state index contributed by atoms with van der Waals surface area (Å²) < 4.78 is 30.2. The third-order valence-corrected chi connectivity index (χ3v) is 6.48. The summed E-state index contributed by atoms with van der Waals surface area (Å²) in [6.45, 7) is 3.10. The number of nitrogens with zero attached hydrogens (tertiary/aromatic N) is 3. The molecule has 0 amide bonds. The topological polar surface area (TPSA) is 55.2 Å². The van der Waals surface area contributed by atoms with E-state index in [2.05, 4.69) is 9.55 Å². The van der Waals surface area contributed by atoms with Crippen molar-refractivity contribution in [1.29, 1.82) is 0 Å². The largest absolute Gasteiger partial charge is 0.348 e. The molecule has 0 radical (unpaired) electrons. The van der Waals surface area contributed by atoms with Crippen molar-refractivity contribution < 1.29 is 8.42 Å². The molecule has 1 unspecified atom stereocenters. The Hall–Kier alpha value is -2.44. The quantitative estimate of drug-likeness (QED) is 0.727. The normalized spacial score (nSPS) is 18.0. The SMILES string of the molecule is Cc1ccc(C2c3cccn3CCN2S(=O)(=O)c2cccnc2)cc1. The summed E-state index contributed by atoms with van der Waals surface area (Å²) in [6, 6.07) is 14.9. The van der Waals surface area contributed by atoms with Crippen LogP contribution in [0, 0.1) is 6.92 Å². The monoisotopic (exact) mass is 353 g/mol. The van der Waals surface area contributed by atoms with Gasteiger partial charge in [0.15, 0.2) is 0 Å². The summed E-state index contributed by atoms with van der Waals surface area (Å²) in [5, 5.41) is 0. The molecule has 128 valence electrons. The highest BCUT2D eigenvalue weighted by Gasteiger charge is 2.37. The van der Waals surface area contributed by atoms with E-state index in [-0.39, 0.29) is 10.9 Å². The van der Waals surface area contributed by atoms with E-state index in [1.165, 1.54) is 6.20 Å². The molecule has 1 aliphatic heterocycles. The lowest BCUT2D eigenvalue weighted by Crippen LogP contribution is -2.42. The van der Waals surface area contributed by atoms with E-state index in [0.717, 1.165) is 16.8 Å². The van der Waals surface area contributed by atoms with Gasteiger partial charge in [-0.2, -0.15) is 4.31 Å². The molecule has 0 bridgehead atoms. The molecular formula is C19H19N3O2S. The Balaban J connectivity index is 1.85. The van der Waals surface area contributed by atoms with E-state index in [4.69, 9.17) is 0 Å². The van der Waals surface area contributed by atoms with Gasteiger partial charge in [-0.1, -0.05) is 29.8 Å². The number of pyridine rings is 1. The second-order valence-electron chi connectivity index (χ2n) is 6.24. The number of hydrogen-bond donors (Lipinski definition) is 0. The zero-order chi connectivity index (χ0) is 17.4. The Morgan fingerprint density at radius 2 is 1.84 bits per heavy atom. The minimum absolute atomic E-state index is 0.229. The molecule has 4 rings (SSSR count). The van der Waals surface area contributed by atoms with E-state index < -0.39 is 10.0 Å². The second-order valence-corrected chi connectivity index (χ2v) is 8.13. The van der Waals surface area contributed by atoms with Gasteiger partial charge in [0.25, 0.3) is 0 Å². The molecule has 5 nitrogen and oxygen atoms in total. The number of aromatic nitrogens is 2. The predicted molar refractivity (Wildman–Crippen MR) is 95.6 cm³/mol. The molecule has 1 atom stereocenters. The van der Waals surface area contributed by atoms with Crippen LogP contribution in [0.1, 0.15) is 22.9 Å². The molecule has 0 N–H and O–H groups in total. The van der Waals surface area contributed by atoms with Gasteiger partial charge in [-0.05, 0) is 36.8 Å². The number of benzene rings is 1. The molecule has 0 aliphatic carbocycles. The van der Waals surface area contributed by atoms with Crippen molar-refractivity contribution in [3.63, 3.8) is 0 Å². The van der Waals surface area contributed by atoms with Crippen LogP contribution < -0.4 is 0 Å². The molecule has 1 aliphatic rings. The van der Waals surface area contributed by atoms with Gasteiger partial charge < -0.3 is 4.57 Å². The molecule has 2 aromatic heterocycles. The number of aryl methyl sites for hydroxylation is 1. The molecular weight excluding hydrogens is 334 g/mol. The predicted octanol–water partition coefficient (Wildman–Crippen LogP) is 2.99. The van der Waals surface area contributed by atoms with E-state index in [1.807, 2.05) is 49.5 Å². The number of rotatable bonds is 3. The first-order valence-corrected chi connectivity index (χ1v) is 9.65. The average Bonchev–Trinajstić information content (AvgIpc) is 3.11. The van der Waals surface area contributed by atoms with Gasteiger partial charge in [-0.15, -0.1) is 0 Å². The van der Waals surface area contributed by atoms with Crippen molar-refractivity contribution >= 4 is 10.0 Å². The molecule has 0 spiro atoms. The molecule has 3 heterocycles. The van der Waals surface area contributed by atoms with Gasteiger partial charge in [0, 0.05) is 37.4 Å². The first kappa shape index (κ1) is 16.1. The van der Waals surface area contributed by atoms with Crippen molar-refractivity contribution in [2.75, 3.05) is 6.54 Å². The van der Waals surface area contributed by atoms with Crippen molar-refractivity contribution in [2.24, 2.45) is 0 Å². The second kappa shape index (κ2) is 6.13. The lowest BCUT2D eigenvalue weighted by atomic mass is 10.0. The molecule has 0 saturated carbocycles. The Morgan fingerprint density at radius 1 is 1.04 bits per heavy atom. The molecule has 6 heteroatoms. The van der Waals surface area contributed by atoms with Crippen molar-refractivity contribution in [3.8, 4) is 0 Å². The molecule has 25 heavy (non-hydrogen) atoms. The maximum absolute atomic E-state index is 13.2. The van der Waals surface area contributed by atoms with Crippen LogP contribution in [0.2, 0.25) is 0 Å².